The van der Waals surface area contributed by atoms with Crippen LogP contribution in [0, 0.1) is 16.7 Å². The molecule has 3 saturated heterocycles. The first-order valence-electron chi connectivity index (χ1n) is 21.6. The molecular weight excluding hydrogens is 846 g/mol. The predicted octanol–water partition coefficient (Wildman–Crippen LogP) is 3.67. The number of anilines is 1. The summed E-state index contributed by atoms with van der Waals surface area (Å²) in [5.74, 6) is -1.33. The second-order valence-electron chi connectivity index (χ2n) is 17.1. The van der Waals surface area contributed by atoms with Crippen LogP contribution >= 0.6 is 11.6 Å². The average Bonchev–Trinajstić information content (AvgIpc) is 3.75. The van der Waals surface area contributed by atoms with E-state index in [9.17, 15) is 33.9 Å². The molecule has 2 aromatic heterocycles. The number of ether oxygens (including phenoxy) is 2. The number of hydrogen-bond donors (Lipinski definition) is 2. The lowest BCUT2D eigenvalue weighted by Crippen LogP contribution is -2.61. The lowest BCUT2D eigenvalue weighted by Gasteiger charge is -2.54. The molecule has 1 atom stereocenters. The molecule has 6 amide bonds. The number of nitrogens with zero attached hydrogens (tertiary/aromatic N) is 8. The molecule has 1 spiro atoms. The molecule has 5 aliphatic rings. The maximum Gasteiger partial charge on any atom is 0.278 e. The molecule has 1 saturated carbocycles. The molecule has 1 aliphatic carbocycles. The van der Waals surface area contributed by atoms with Crippen LogP contribution < -0.4 is 19.7 Å². The summed E-state index contributed by atoms with van der Waals surface area (Å²) >= 11 is 6.14. The van der Waals surface area contributed by atoms with Gasteiger partial charge in [0.2, 0.25) is 5.91 Å². The van der Waals surface area contributed by atoms with Crippen LogP contribution in [0.5, 0.6) is 11.5 Å². The molecule has 4 fully saturated rings. The molecule has 4 aromatic rings. The first-order chi connectivity index (χ1) is 30.9. The number of aliphatic hydroxyl groups is 1. The Bertz CT molecular complexity index is 2600. The van der Waals surface area contributed by atoms with Gasteiger partial charge in [-0.25, -0.2) is 0 Å². The second-order valence-corrected chi connectivity index (χ2v) is 17.5. The third-order valence-electron chi connectivity index (χ3n) is 13.3. The highest BCUT2D eigenvalue weighted by Crippen LogP contribution is 2.42. The van der Waals surface area contributed by atoms with E-state index in [0.717, 1.165) is 56.5 Å². The van der Waals surface area contributed by atoms with E-state index in [2.05, 4.69) is 20.4 Å². The van der Waals surface area contributed by atoms with E-state index in [0.29, 0.717) is 63.3 Å². The molecule has 2 aromatic carbocycles. The molecule has 9 rings (SSSR count). The number of aliphatic hydroxyl groups excluding tert-OH is 1. The molecule has 4 aliphatic heterocycles. The van der Waals surface area contributed by atoms with Crippen LogP contribution in [0.25, 0.3) is 10.9 Å². The summed E-state index contributed by atoms with van der Waals surface area (Å²) in [6, 6.07) is 14.4. The van der Waals surface area contributed by atoms with E-state index in [1.165, 1.54) is 0 Å². The largest absolute Gasteiger partial charge is 0.490 e. The normalized spacial score (nSPS) is 21.8. The smallest absolute Gasteiger partial charge is 0.278 e. The molecule has 19 heteroatoms. The van der Waals surface area contributed by atoms with Crippen LogP contribution in [0.4, 0.5) is 5.82 Å². The lowest BCUT2D eigenvalue weighted by molar-refractivity contribution is -0.156. The minimum atomic E-state index is -1.19. The van der Waals surface area contributed by atoms with E-state index in [1.54, 1.807) is 51.9 Å². The van der Waals surface area contributed by atoms with E-state index in [1.807, 2.05) is 19.1 Å². The van der Waals surface area contributed by atoms with Gasteiger partial charge in [0.1, 0.15) is 36.0 Å². The van der Waals surface area contributed by atoms with Crippen molar-refractivity contribution in [3.05, 3.63) is 76.1 Å². The highest BCUT2D eigenvalue weighted by atomic mass is 35.5. The average molecular weight is 892 g/mol. The standard InChI is InChI=1S/C45H46ClN9O9/c1-2-53-35-20-29(9-10-31(35)39-40(53)44(62)55(43(39)61)34-12-14-37(57)54(25-56)42(34)60)63-22-38(58)51-17-15-45(16-18-51)23-52(24-45)36-13-11-33(49-50-36)41(59)48-27-4-7-28(8-5-27)64-30-6-3-26(21-47)32(46)19-30/h3,6,9-11,13,19-20,27-28,34,56H,2,4-5,7-8,12,14-18,22-25H2,1H3,(H,48,59). The Hall–Kier alpha value is -6.58. The zero-order chi connectivity index (χ0) is 44.9. The van der Waals surface area contributed by atoms with Gasteiger partial charge in [0.15, 0.2) is 18.1 Å². The highest BCUT2D eigenvalue weighted by Gasteiger charge is 2.50. The number of aryl methyl sites for hydroxylation is 1. The molecule has 1 unspecified atom stereocenters. The first kappa shape index (κ1) is 42.7. The van der Waals surface area contributed by atoms with Crippen molar-refractivity contribution in [3.63, 3.8) is 0 Å². The van der Waals surface area contributed by atoms with E-state index in [-0.39, 0.29) is 65.8 Å². The fraction of sp³-hybridized carbons (Fsp3) is 0.444. The number of nitriles is 1. The fourth-order valence-electron chi connectivity index (χ4n) is 9.77. The van der Waals surface area contributed by atoms with Crippen LogP contribution in [0.2, 0.25) is 5.02 Å². The van der Waals surface area contributed by atoms with Crippen molar-refractivity contribution in [3.8, 4) is 17.6 Å². The van der Waals surface area contributed by atoms with Gasteiger partial charge in [-0.2, -0.15) is 5.26 Å². The Kier molecular flexibility index (Phi) is 11.5. The molecule has 0 radical (unpaired) electrons. The van der Waals surface area contributed by atoms with Gasteiger partial charge in [-0.1, -0.05) is 11.6 Å². The van der Waals surface area contributed by atoms with Crippen molar-refractivity contribution in [2.24, 2.45) is 5.41 Å². The lowest BCUT2D eigenvalue weighted by atomic mass is 9.72. The van der Waals surface area contributed by atoms with Crippen LogP contribution in [0.3, 0.4) is 0 Å². The number of rotatable bonds is 11. The molecule has 2 N–H and O–H groups in total. The third-order valence-corrected chi connectivity index (χ3v) is 13.6. The summed E-state index contributed by atoms with van der Waals surface area (Å²) in [5.41, 5.74) is 1.59. The number of carbonyl (C=O) groups is 6. The van der Waals surface area contributed by atoms with Crippen molar-refractivity contribution in [2.45, 2.75) is 83.0 Å². The van der Waals surface area contributed by atoms with Gasteiger partial charge in [0, 0.05) is 68.1 Å². The number of hydrogen-bond acceptors (Lipinski definition) is 13. The Morgan fingerprint density at radius 1 is 0.953 bits per heavy atom. The number of aromatic nitrogens is 3. The van der Waals surface area contributed by atoms with Gasteiger partial charge in [0.05, 0.1) is 27.8 Å². The summed E-state index contributed by atoms with van der Waals surface area (Å²) in [6.45, 7) is 3.85. The fourth-order valence-corrected chi connectivity index (χ4v) is 9.98. The van der Waals surface area contributed by atoms with E-state index >= 15 is 0 Å². The Morgan fingerprint density at radius 2 is 1.70 bits per heavy atom. The monoisotopic (exact) mass is 891 g/mol. The molecule has 64 heavy (non-hydrogen) atoms. The quantitative estimate of drug-likeness (QED) is 0.206. The van der Waals surface area contributed by atoms with Crippen LogP contribution in [0.1, 0.15) is 95.2 Å². The number of halogens is 1. The third kappa shape index (κ3) is 7.76. The maximum atomic E-state index is 13.7. The minimum absolute atomic E-state index is 0.00405. The number of imide groups is 2. The molecule has 18 nitrogen and oxygen atoms in total. The van der Waals surface area contributed by atoms with Gasteiger partial charge in [-0.3, -0.25) is 38.6 Å². The molecule has 6 heterocycles. The number of benzene rings is 2. The Balaban J connectivity index is 0.728. The number of amides is 6. The van der Waals surface area contributed by atoms with Crippen molar-refractivity contribution in [2.75, 3.05) is 44.4 Å². The second kappa shape index (κ2) is 17.2. The van der Waals surface area contributed by atoms with Gasteiger partial charge in [-0.15, -0.1) is 10.2 Å². The van der Waals surface area contributed by atoms with E-state index < -0.39 is 36.4 Å². The maximum absolute atomic E-state index is 13.7. The van der Waals surface area contributed by atoms with E-state index in [4.69, 9.17) is 26.3 Å². The number of likely N-dealkylation sites (tertiary alicyclic amines) is 2. The number of nitrogens with one attached hydrogen (secondary N) is 1. The SMILES string of the molecule is CCn1c2c(c3ccc(OCC(=O)N4CCC5(CC4)CN(c4ccc(C(=O)NC6CCC(Oc7ccc(C#N)c(Cl)c7)CC6)nn4)C5)cc31)C(=O)N(C1CCC(=O)N(CO)C1=O)C2=O. The van der Waals surface area contributed by atoms with Crippen LogP contribution in [0.15, 0.2) is 48.5 Å². The molecule has 0 bridgehead atoms. The summed E-state index contributed by atoms with van der Waals surface area (Å²) in [4.78, 5) is 84.4. The van der Waals surface area contributed by atoms with Crippen LogP contribution in [-0.2, 0) is 20.9 Å². The van der Waals surface area contributed by atoms with Crippen molar-refractivity contribution in [1.82, 2.24) is 34.8 Å². The zero-order valence-electron chi connectivity index (χ0n) is 35.1. The Morgan fingerprint density at radius 3 is 2.38 bits per heavy atom. The molecule has 332 valence electrons. The van der Waals surface area contributed by atoms with Crippen molar-refractivity contribution < 1.29 is 43.3 Å². The van der Waals surface area contributed by atoms with Gasteiger partial charge < -0.3 is 34.3 Å². The van der Waals surface area contributed by atoms with Crippen molar-refractivity contribution in [1.29, 1.82) is 5.26 Å². The first-order valence-corrected chi connectivity index (χ1v) is 21.9. The Labute approximate surface area is 372 Å². The zero-order valence-corrected chi connectivity index (χ0v) is 35.9. The summed E-state index contributed by atoms with van der Waals surface area (Å²) < 4.78 is 13.7. The number of fused-ring (bicyclic) bond motifs is 3. The van der Waals surface area contributed by atoms with Crippen molar-refractivity contribution >= 4 is 63.8 Å². The molecular formula is C45H46ClN9O9. The number of piperidine rings is 2. The van der Waals surface area contributed by atoms with Gasteiger partial charge >= 0.3 is 0 Å². The highest BCUT2D eigenvalue weighted by molar-refractivity contribution is 6.32. The summed E-state index contributed by atoms with van der Waals surface area (Å²) in [7, 11) is 0. The minimum Gasteiger partial charge on any atom is -0.490 e. The van der Waals surface area contributed by atoms with Crippen LogP contribution in [-0.4, -0.2) is 128 Å². The summed E-state index contributed by atoms with van der Waals surface area (Å²) in [6.07, 6.45) is 4.57. The number of carbonyl (C=O) groups excluding carboxylic acids is 6. The topological polar surface area (TPSA) is 221 Å². The predicted molar refractivity (Wildman–Crippen MR) is 228 cm³/mol. The van der Waals surface area contributed by atoms with Gasteiger partial charge in [-0.05, 0) is 88.3 Å². The summed E-state index contributed by atoms with van der Waals surface area (Å²) in [5, 5.41) is 31.2. The van der Waals surface area contributed by atoms with Gasteiger partial charge in [0.25, 0.3) is 29.5 Å².